The summed E-state index contributed by atoms with van der Waals surface area (Å²) in [7, 11) is 0. The zero-order valence-corrected chi connectivity index (χ0v) is 9.85. The normalized spacial score (nSPS) is 12.1. The highest BCUT2D eigenvalue weighted by Crippen LogP contribution is 2.20. The van der Waals surface area contributed by atoms with Crippen molar-refractivity contribution in [2.45, 2.75) is 25.9 Å². The fourth-order valence-corrected chi connectivity index (χ4v) is 1.50. The average molecular weight is 255 g/mol. The van der Waals surface area contributed by atoms with Crippen molar-refractivity contribution in [2.24, 2.45) is 5.73 Å². The van der Waals surface area contributed by atoms with Gasteiger partial charge in [0.25, 0.3) is 0 Å². The summed E-state index contributed by atoms with van der Waals surface area (Å²) in [6, 6.07) is 3.75. The number of primary amides is 1. The number of halogens is 1. The molecule has 0 heterocycles. The van der Waals surface area contributed by atoms with E-state index in [1.165, 1.54) is 12.1 Å². The molecule has 0 aromatic heterocycles. The van der Waals surface area contributed by atoms with Gasteiger partial charge < -0.3 is 11.1 Å². The second kappa shape index (κ2) is 6.06. The number of carbonyl (C=O) groups excluding carboxylic acids is 1. The second-order valence-corrected chi connectivity index (χ2v) is 3.96. The lowest BCUT2D eigenvalue weighted by Crippen LogP contribution is -2.30. The van der Waals surface area contributed by atoms with Gasteiger partial charge in [-0.25, -0.2) is 0 Å². The van der Waals surface area contributed by atoms with Crippen LogP contribution in [0.25, 0.3) is 0 Å². The van der Waals surface area contributed by atoms with Gasteiger partial charge in [-0.05, 0) is 6.92 Å². The first-order valence-corrected chi connectivity index (χ1v) is 5.35. The molecule has 1 aromatic carbocycles. The van der Waals surface area contributed by atoms with Gasteiger partial charge in [-0.3, -0.25) is 14.9 Å². The van der Waals surface area contributed by atoms with Crippen molar-refractivity contribution < 1.29 is 14.1 Å². The SMILES string of the molecule is CC(CC(N)=O)NCc1cccc([N+](=O)[O-])c1F. The first-order valence-electron chi connectivity index (χ1n) is 5.35. The number of benzene rings is 1. The molecule has 18 heavy (non-hydrogen) atoms. The highest BCUT2D eigenvalue weighted by molar-refractivity contribution is 5.74. The third-order valence-electron chi connectivity index (χ3n) is 2.40. The number of hydrogen-bond acceptors (Lipinski definition) is 4. The van der Waals surface area contributed by atoms with E-state index in [2.05, 4.69) is 5.32 Å². The van der Waals surface area contributed by atoms with Crippen LogP contribution < -0.4 is 11.1 Å². The minimum absolute atomic E-state index is 0.0992. The van der Waals surface area contributed by atoms with Crippen molar-refractivity contribution in [2.75, 3.05) is 0 Å². The molecular weight excluding hydrogens is 241 g/mol. The zero-order chi connectivity index (χ0) is 13.7. The summed E-state index contributed by atoms with van der Waals surface area (Å²) >= 11 is 0. The lowest BCUT2D eigenvalue weighted by atomic mass is 10.1. The third kappa shape index (κ3) is 3.77. The van der Waals surface area contributed by atoms with Crippen LogP contribution in [-0.2, 0) is 11.3 Å². The summed E-state index contributed by atoms with van der Waals surface area (Å²) < 4.78 is 13.7. The van der Waals surface area contributed by atoms with Crippen molar-refractivity contribution in [3.63, 3.8) is 0 Å². The Bertz CT molecular complexity index is 465. The Kier molecular flexibility index (Phi) is 4.73. The molecule has 0 bridgehead atoms. The van der Waals surface area contributed by atoms with Gasteiger partial charge in [0.05, 0.1) is 4.92 Å². The molecule has 1 atom stereocenters. The van der Waals surface area contributed by atoms with Crippen molar-refractivity contribution in [3.05, 3.63) is 39.7 Å². The standard InChI is InChI=1S/C11H14FN3O3/c1-7(5-10(13)16)14-6-8-3-2-4-9(11(8)12)15(17)18/h2-4,7,14H,5-6H2,1H3,(H2,13,16). The van der Waals surface area contributed by atoms with Crippen LogP contribution in [0, 0.1) is 15.9 Å². The Balaban J connectivity index is 2.71. The maximum atomic E-state index is 13.7. The van der Waals surface area contributed by atoms with E-state index in [0.717, 1.165) is 6.07 Å². The molecule has 98 valence electrons. The predicted molar refractivity (Wildman–Crippen MR) is 63.2 cm³/mol. The maximum Gasteiger partial charge on any atom is 0.305 e. The number of amides is 1. The molecule has 0 aliphatic carbocycles. The van der Waals surface area contributed by atoms with Crippen molar-refractivity contribution >= 4 is 11.6 Å². The quantitative estimate of drug-likeness (QED) is 0.587. The molecule has 1 unspecified atom stereocenters. The number of rotatable bonds is 6. The molecule has 0 fully saturated rings. The zero-order valence-electron chi connectivity index (χ0n) is 9.85. The molecule has 6 nitrogen and oxygen atoms in total. The Morgan fingerprint density at radius 2 is 2.28 bits per heavy atom. The van der Waals surface area contributed by atoms with E-state index in [1.54, 1.807) is 6.92 Å². The molecule has 1 aromatic rings. The van der Waals surface area contributed by atoms with E-state index in [-0.39, 0.29) is 24.6 Å². The minimum Gasteiger partial charge on any atom is -0.370 e. The molecule has 0 saturated heterocycles. The first kappa shape index (κ1) is 14.0. The highest BCUT2D eigenvalue weighted by Gasteiger charge is 2.17. The Morgan fingerprint density at radius 1 is 1.61 bits per heavy atom. The van der Waals surface area contributed by atoms with E-state index in [0.29, 0.717) is 0 Å². The summed E-state index contributed by atoms with van der Waals surface area (Å²) in [6.07, 6.45) is 0.122. The monoisotopic (exact) mass is 255 g/mol. The fourth-order valence-electron chi connectivity index (χ4n) is 1.50. The molecule has 1 rings (SSSR count). The number of nitro groups is 1. The van der Waals surface area contributed by atoms with Crippen LogP contribution in [-0.4, -0.2) is 16.9 Å². The molecular formula is C11H14FN3O3. The molecule has 0 spiro atoms. The molecule has 0 aliphatic rings. The van der Waals surface area contributed by atoms with Crippen LogP contribution >= 0.6 is 0 Å². The number of carbonyl (C=O) groups is 1. The largest absolute Gasteiger partial charge is 0.370 e. The van der Waals surface area contributed by atoms with Crippen molar-refractivity contribution in [3.8, 4) is 0 Å². The Hall–Kier alpha value is -2.02. The topological polar surface area (TPSA) is 98.3 Å². The summed E-state index contributed by atoms with van der Waals surface area (Å²) in [6.45, 7) is 1.82. The predicted octanol–water partition coefficient (Wildman–Crippen LogP) is 1.09. The number of nitrogens with two attached hydrogens (primary N) is 1. The van der Waals surface area contributed by atoms with Gasteiger partial charge in [-0.2, -0.15) is 4.39 Å². The minimum atomic E-state index is -0.860. The molecule has 7 heteroatoms. The van der Waals surface area contributed by atoms with E-state index in [9.17, 15) is 19.3 Å². The summed E-state index contributed by atoms with van der Waals surface area (Å²) in [5, 5.41) is 13.4. The smallest absolute Gasteiger partial charge is 0.305 e. The Morgan fingerprint density at radius 3 is 2.83 bits per heavy atom. The molecule has 3 N–H and O–H groups in total. The number of hydrogen-bond donors (Lipinski definition) is 2. The third-order valence-corrected chi connectivity index (χ3v) is 2.40. The van der Waals surface area contributed by atoms with E-state index in [1.807, 2.05) is 0 Å². The number of nitrogens with one attached hydrogen (secondary N) is 1. The summed E-state index contributed by atoms with van der Waals surface area (Å²) in [5.74, 6) is -1.32. The summed E-state index contributed by atoms with van der Waals surface area (Å²) in [4.78, 5) is 20.4. The fraction of sp³-hybridized carbons (Fsp3) is 0.364. The van der Waals surface area contributed by atoms with Crippen LogP contribution in [0.2, 0.25) is 0 Å². The van der Waals surface area contributed by atoms with Crippen LogP contribution in [0.5, 0.6) is 0 Å². The summed E-state index contributed by atoms with van der Waals surface area (Å²) in [5.41, 5.74) is 4.64. The molecule has 0 saturated carbocycles. The number of nitrogens with zero attached hydrogens (tertiary/aromatic N) is 1. The van der Waals surface area contributed by atoms with E-state index in [4.69, 9.17) is 5.73 Å². The van der Waals surface area contributed by atoms with Crippen LogP contribution in [0.1, 0.15) is 18.9 Å². The van der Waals surface area contributed by atoms with E-state index >= 15 is 0 Å². The molecule has 0 radical (unpaired) electrons. The van der Waals surface area contributed by atoms with Gasteiger partial charge in [-0.1, -0.05) is 12.1 Å². The lowest BCUT2D eigenvalue weighted by molar-refractivity contribution is -0.387. The average Bonchev–Trinajstić information content (AvgIpc) is 2.26. The van der Waals surface area contributed by atoms with Crippen molar-refractivity contribution in [1.82, 2.24) is 5.32 Å². The van der Waals surface area contributed by atoms with Gasteiger partial charge in [-0.15, -0.1) is 0 Å². The van der Waals surface area contributed by atoms with Gasteiger partial charge in [0, 0.05) is 30.6 Å². The second-order valence-electron chi connectivity index (χ2n) is 3.96. The van der Waals surface area contributed by atoms with Crippen LogP contribution in [0.15, 0.2) is 18.2 Å². The molecule has 0 aliphatic heterocycles. The molecule has 1 amide bonds. The lowest BCUT2D eigenvalue weighted by Gasteiger charge is -2.12. The number of nitro benzene ring substituents is 1. The van der Waals surface area contributed by atoms with Gasteiger partial charge in [0.2, 0.25) is 11.7 Å². The maximum absolute atomic E-state index is 13.7. The van der Waals surface area contributed by atoms with Gasteiger partial charge in [0.15, 0.2) is 0 Å². The Labute approximate surface area is 103 Å². The van der Waals surface area contributed by atoms with Crippen LogP contribution in [0.4, 0.5) is 10.1 Å². The van der Waals surface area contributed by atoms with Crippen molar-refractivity contribution in [1.29, 1.82) is 0 Å². The van der Waals surface area contributed by atoms with Crippen LogP contribution in [0.3, 0.4) is 0 Å². The van der Waals surface area contributed by atoms with E-state index < -0.39 is 22.3 Å². The highest BCUT2D eigenvalue weighted by atomic mass is 19.1. The first-order chi connectivity index (χ1) is 8.41. The van der Waals surface area contributed by atoms with Gasteiger partial charge in [0.1, 0.15) is 0 Å². The van der Waals surface area contributed by atoms with Gasteiger partial charge >= 0.3 is 5.69 Å².